The van der Waals surface area contributed by atoms with Crippen LogP contribution in [0.3, 0.4) is 0 Å². The Morgan fingerprint density at radius 3 is 1.46 bits per heavy atom. The molecule has 0 amide bonds. The Bertz CT molecular complexity index is 783. The van der Waals surface area contributed by atoms with Crippen molar-refractivity contribution in [2.75, 3.05) is 27.2 Å². The Labute approximate surface area is 169 Å². The minimum absolute atomic E-state index is 0. The smallest absolute Gasteiger partial charge is 0.196 e. The lowest BCUT2D eigenvalue weighted by atomic mass is 9.93. The van der Waals surface area contributed by atoms with Gasteiger partial charge in [0.05, 0.1) is 25.2 Å². The minimum atomic E-state index is -0.301. The summed E-state index contributed by atoms with van der Waals surface area (Å²) >= 11 is 0. The second-order valence-electron chi connectivity index (χ2n) is 7.02. The molecule has 0 saturated carbocycles. The van der Waals surface area contributed by atoms with Crippen molar-refractivity contribution in [1.29, 1.82) is 0 Å². The number of Topliss-reactive ketones (excluding diaryl/α,β-unsaturated/α-hetero) is 1. The highest BCUT2D eigenvalue weighted by Crippen LogP contribution is 2.25. The molecule has 2 nitrogen and oxygen atoms in total. The molecule has 1 aliphatic heterocycles. The number of ketones is 1. The van der Waals surface area contributed by atoms with Gasteiger partial charge in [-0.15, -0.1) is 0 Å². The molecule has 0 aromatic heterocycles. The molecule has 0 spiro atoms. The average Bonchev–Trinajstić information content (AvgIpc) is 2.55. The van der Waals surface area contributed by atoms with E-state index in [1.165, 1.54) is 24.3 Å². The maximum atomic E-state index is 13.1. The molecule has 2 aromatic carbocycles. The standard InChI is InChI=1S/C21H20F2NO.HI/c1-24(2)13-17(11-15-3-7-19(22)8-4-15)21(25)18(14-24)12-16-5-9-20(23)10-6-16;/h3-12H,13-14H2,1-2H3;1H/q+1;/p-1/b17-11-,18-12+;. The summed E-state index contributed by atoms with van der Waals surface area (Å²) in [6.07, 6.45) is 3.64. The molecule has 0 atom stereocenters. The molecule has 0 aliphatic carbocycles. The summed E-state index contributed by atoms with van der Waals surface area (Å²) in [7, 11) is 4.12. The van der Waals surface area contributed by atoms with Crippen molar-refractivity contribution in [3.8, 4) is 0 Å². The van der Waals surface area contributed by atoms with E-state index in [4.69, 9.17) is 0 Å². The van der Waals surface area contributed by atoms with Crippen LogP contribution in [0.15, 0.2) is 59.7 Å². The van der Waals surface area contributed by atoms with E-state index in [0.717, 1.165) is 11.1 Å². The van der Waals surface area contributed by atoms with Gasteiger partial charge in [-0.1, -0.05) is 24.3 Å². The summed E-state index contributed by atoms with van der Waals surface area (Å²) in [5.41, 5.74) is 2.98. The van der Waals surface area contributed by atoms with E-state index in [1.807, 2.05) is 12.2 Å². The number of halogens is 3. The number of rotatable bonds is 2. The second-order valence-corrected chi connectivity index (χ2v) is 7.02. The van der Waals surface area contributed by atoms with Crippen LogP contribution < -0.4 is 24.0 Å². The Morgan fingerprint density at radius 1 is 0.769 bits per heavy atom. The van der Waals surface area contributed by atoms with E-state index in [2.05, 4.69) is 14.1 Å². The fraction of sp³-hybridized carbons (Fsp3) is 0.190. The number of nitrogens with zero attached hydrogens (tertiary/aromatic N) is 1. The largest absolute Gasteiger partial charge is 1.00 e. The number of carbonyl (C=O) groups is 1. The van der Waals surface area contributed by atoms with Crippen LogP contribution >= 0.6 is 0 Å². The van der Waals surface area contributed by atoms with Gasteiger partial charge in [0.25, 0.3) is 0 Å². The van der Waals surface area contributed by atoms with Crippen molar-refractivity contribution < 1.29 is 42.0 Å². The van der Waals surface area contributed by atoms with Crippen molar-refractivity contribution in [3.63, 3.8) is 0 Å². The number of piperidine rings is 1. The van der Waals surface area contributed by atoms with Crippen molar-refractivity contribution in [2.24, 2.45) is 0 Å². The van der Waals surface area contributed by atoms with Gasteiger partial charge in [-0.25, -0.2) is 8.78 Å². The van der Waals surface area contributed by atoms with E-state index in [9.17, 15) is 13.6 Å². The van der Waals surface area contributed by atoms with Crippen LogP contribution in [0.25, 0.3) is 12.2 Å². The Kier molecular flexibility index (Phi) is 6.47. The average molecular weight is 467 g/mol. The second kappa shape index (κ2) is 8.22. The van der Waals surface area contributed by atoms with Crippen LogP contribution in [0, 0.1) is 11.6 Å². The third-order valence-corrected chi connectivity index (χ3v) is 4.20. The van der Waals surface area contributed by atoms with Crippen LogP contribution in [0.2, 0.25) is 0 Å². The summed E-state index contributed by atoms with van der Waals surface area (Å²) < 4.78 is 26.8. The summed E-state index contributed by atoms with van der Waals surface area (Å²) in [5, 5.41) is 0. The summed E-state index contributed by atoms with van der Waals surface area (Å²) in [4.78, 5) is 12.9. The molecule has 0 N–H and O–H groups in total. The fourth-order valence-electron chi connectivity index (χ4n) is 3.07. The first-order valence-corrected chi connectivity index (χ1v) is 8.11. The fourth-order valence-corrected chi connectivity index (χ4v) is 3.07. The molecule has 26 heavy (non-hydrogen) atoms. The van der Waals surface area contributed by atoms with E-state index < -0.39 is 0 Å². The van der Waals surface area contributed by atoms with Gasteiger partial charge in [0.1, 0.15) is 24.7 Å². The van der Waals surface area contributed by atoms with Gasteiger partial charge in [0.15, 0.2) is 5.78 Å². The molecule has 136 valence electrons. The number of hydrogen-bond donors (Lipinski definition) is 0. The summed E-state index contributed by atoms with van der Waals surface area (Å²) in [6.45, 7) is 1.22. The molecular formula is C21H20F2INO. The molecule has 2 aromatic rings. The quantitative estimate of drug-likeness (QED) is 0.368. The molecule has 1 fully saturated rings. The molecule has 0 bridgehead atoms. The van der Waals surface area contributed by atoms with E-state index in [1.54, 1.807) is 24.3 Å². The van der Waals surface area contributed by atoms with Gasteiger partial charge in [-0.05, 0) is 47.5 Å². The zero-order valence-corrected chi connectivity index (χ0v) is 16.8. The SMILES string of the molecule is C[N+]1(C)C/C(=C/c2ccc(F)cc2)C(=O)/C(=C/c2ccc(F)cc2)C1.[I-]. The van der Waals surface area contributed by atoms with Crippen LogP contribution in [-0.4, -0.2) is 37.5 Å². The van der Waals surface area contributed by atoms with E-state index in [0.29, 0.717) is 28.7 Å². The maximum absolute atomic E-state index is 13.1. The predicted molar refractivity (Wildman–Crippen MR) is 95.6 cm³/mol. The maximum Gasteiger partial charge on any atom is 0.196 e. The number of quaternary nitrogens is 1. The minimum Gasteiger partial charge on any atom is -1.00 e. The normalized spacial score (nSPS) is 19.5. The third kappa shape index (κ3) is 5.08. The molecule has 1 heterocycles. The van der Waals surface area contributed by atoms with E-state index >= 15 is 0 Å². The van der Waals surface area contributed by atoms with Gasteiger partial charge in [0.2, 0.25) is 0 Å². The highest BCUT2D eigenvalue weighted by molar-refractivity contribution is 6.14. The van der Waals surface area contributed by atoms with E-state index in [-0.39, 0.29) is 41.4 Å². The molecule has 3 rings (SSSR count). The lowest BCUT2D eigenvalue weighted by molar-refractivity contribution is -0.881. The molecule has 1 aliphatic rings. The zero-order chi connectivity index (χ0) is 18.0. The molecule has 0 unspecified atom stereocenters. The number of likely N-dealkylation sites (tertiary alicyclic amines) is 1. The van der Waals surface area contributed by atoms with Crippen molar-refractivity contribution in [2.45, 2.75) is 0 Å². The van der Waals surface area contributed by atoms with Crippen LogP contribution in [0.5, 0.6) is 0 Å². The highest BCUT2D eigenvalue weighted by atomic mass is 127. The first-order valence-electron chi connectivity index (χ1n) is 8.11. The number of likely N-dealkylation sites (N-methyl/N-ethyl adjacent to an activating group) is 1. The molecule has 1 saturated heterocycles. The Hall–Kier alpha value is -1.86. The monoisotopic (exact) mass is 467 g/mol. The van der Waals surface area contributed by atoms with Gasteiger partial charge in [-0.3, -0.25) is 4.79 Å². The van der Waals surface area contributed by atoms with Crippen molar-refractivity contribution >= 4 is 17.9 Å². The number of hydrogen-bond acceptors (Lipinski definition) is 1. The van der Waals surface area contributed by atoms with Gasteiger partial charge >= 0.3 is 0 Å². The van der Waals surface area contributed by atoms with Gasteiger partial charge in [0, 0.05) is 0 Å². The first kappa shape index (κ1) is 20.5. The topological polar surface area (TPSA) is 17.1 Å². The Morgan fingerprint density at radius 2 is 1.12 bits per heavy atom. The number of carbonyl (C=O) groups excluding carboxylic acids is 1. The van der Waals surface area contributed by atoms with Gasteiger partial charge in [-0.2, -0.15) is 0 Å². The van der Waals surface area contributed by atoms with Crippen molar-refractivity contribution in [1.82, 2.24) is 0 Å². The predicted octanol–water partition coefficient (Wildman–Crippen LogP) is 1.09. The lowest BCUT2D eigenvalue weighted by Crippen LogP contribution is -3.00. The molecular weight excluding hydrogens is 447 g/mol. The van der Waals surface area contributed by atoms with Gasteiger partial charge < -0.3 is 28.5 Å². The first-order chi connectivity index (χ1) is 11.8. The zero-order valence-electron chi connectivity index (χ0n) is 14.7. The van der Waals surface area contributed by atoms with Crippen molar-refractivity contribution in [3.05, 3.63) is 82.4 Å². The van der Waals surface area contributed by atoms with Crippen LogP contribution in [0.4, 0.5) is 8.78 Å². The Balaban J connectivity index is 0.00000243. The lowest BCUT2D eigenvalue weighted by Gasteiger charge is -2.35. The third-order valence-electron chi connectivity index (χ3n) is 4.20. The molecule has 0 radical (unpaired) electrons. The number of benzene rings is 2. The summed E-state index contributed by atoms with van der Waals surface area (Å²) in [6, 6.07) is 12.2. The molecule has 5 heteroatoms. The highest BCUT2D eigenvalue weighted by Gasteiger charge is 2.33. The summed E-state index contributed by atoms with van der Waals surface area (Å²) in [5.74, 6) is -0.610. The van der Waals surface area contributed by atoms with Crippen LogP contribution in [0.1, 0.15) is 11.1 Å². The van der Waals surface area contributed by atoms with Crippen LogP contribution in [-0.2, 0) is 4.79 Å².